The fraction of sp³-hybridized carbons (Fsp3) is 0.500. The highest BCUT2D eigenvalue weighted by Gasteiger charge is 2.26. The average Bonchev–Trinajstić information content (AvgIpc) is 2.31. The Balaban J connectivity index is 2.29. The van der Waals surface area contributed by atoms with Crippen LogP contribution in [0, 0.1) is 0 Å². The van der Waals surface area contributed by atoms with Crippen LogP contribution in [0.4, 0.5) is 0 Å². The standard InChI is InChI=1S/C8H9NO2S/c10-8(11)7-6(9-4-12-7)5-2-1-3-5/h4-5H,1-3H2,(H,10,11). The fourth-order valence-corrected chi connectivity index (χ4v) is 2.10. The molecule has 1 aliphatic rings. The van der Waals surface area contributed by atoms with Gasteiger partial charge >= 0.3 is 5.97 Å². The first kappa shape index (κ1) is 7.73. The van der Waals surface area contributed by atoms with Crippen LogP contribution in [-0.2, 0) is 0 Å². The number of nitrogens with zero attached hydrogens (tertiary/aromatic N) is 1. The van der Waals surface area contributed by atoms with Gasteiger partial charge in [-0.25, -0.2) is 9.78 Å². The molecule has 1 heterocycles. The van der Waals surface area contributed by atoms with Crippen LogP contribution in [0.25, 0.3) is 0 Å². The third-order valence-corrected chi connectivity index (χ3v) is 3.11. The summed E-state index contributed by atoms with van der Waals surface area (Å²) < 4.78 is 0. The van der Waals surface area contributed by atoms with Crippen LogP contribution >= 0.6 is 11.3 Å². The van der Waals surface area contributed by atoms with Gasteiger partial charge in [-0.15, -0.1) is 11.3 Å². The third kappa shape index (κ3) is 1.12. The van der Waals surface area contributed by atoms with E-state index in [1.54, 1.807) is 5.51 Å². The molecule has 12 heavy (non-hydrogen) atoms. The van der Waals surface area contributed by atoms with Crippen LogP contribution in [0.15, 0.2) is 5.51 Å². The van der Waals surface area contributed by atoms with E-state index in [-0.39, 0.29) is 0 Å². The normalized spacial score (nSPS) is 17.3. The third-order valence-electron chi connectivity index (χ3n) is 2.28. The molecule has 0 radical (unpaired) electrons. The molecule has 1 saturated carbocycles. The van der Waals surface area contributed by atoms with E-state index in [9.17, 15) is 4.79 Å². The van der Waals surface area contributed by atoms with E-state index in [2.05, 4.69) is 4.98 Å². The van der Waals surface area contributed by atoms with Crippen molar-refractivity contribution in [1.82, 2.24) is 4.98 Å². The van der Waals surface area contributed by atoms with E-state index in [0.717, 1.165) is 18.5 Å². The second-order valence-corrected chi connectivity index (χ2v) is 3.85. The number of carboxylic acid groups (broad SMARTS) is 1. The lowest BCUT2D eigenvalue weighted by molar-refractivity contribution is 0.0699. The molecule has 0 amide bonds. The molecule has 0 aromatic carbocycles. The lowest BCUT2D eigenvalue weighted by Gasteiger charge is -2.23. The molecule has 4 heteroatoms. The van der Waals surface area contributed by atoms with Gasteiger partial charge in [0.05, 0.1) is 11.2 Å². The van der Waals surface area contributed by atoms with Gasteiger partial charge in [-0.2, -0.15) is 0 Å². The van der Waals surface area contributed by atoms with Crippen molar-refractivity contribution >= 4 is 17.3 Å². The molecular weight excluding hydrogens is 174 g/mol. The van der Waals surface area contributed by atoms with Gasteiger partial charge in [0.2, 0.25) is 0 Å². The Hall–Kier alpha value is -0.900. The van der Waals surface area contributed by atoms with Crippen LogP contribution in [0.3, 0.4) is 0 Å². The summed E-state index contributed by atoms with van der Waals surface area (Å²) in [6.07, 6.45) is 3.41. The first-order valence-corrected chi connectivity index (χ1v) is 4.83. The SMILES string of the molecule is O=C(O)c1scnc1C1CCC1. The maximum Gasteiger partial charge on any atom is 0.347 e. The van der Waals surface area contributed by atoms with Gasteiger partial charge in [-0.1, -0.05) is 6.42 Å². The van der Waals surface area contributed by atoms with Crippen molar-refractivity contribution in [1.29, 1.82) is 0 Å². The maximum atomic E-state index is 10.7. The predicted molar refractivity (Wildman–Crippen MR) is 45.7 cm³/mol. The number of carboxylic acids is 1. The predicted octanol–water partition coefficient (Wildman–Crippen LogP) is 2.11. The molecule has 0 unspecified atom stereocenters. The topological polar surface area (TPSA) is 50.2 Å². The smallest absolute Gasteiger partial charge is 0.347 e. The van der Waals surface area contributed by atoms with E-state index in [1.165, 1.54) is 17.8 Å². The Morgan fingerprint density at radius 3 is 2.92 bits per heavy atom. The van der Waals surface area contributed by atoms with Crippen LogP contribution < -0.4 is 0 Å². The monoisotopic (exact) mass is 183 g/mol. The first-order valence-electron chi connectivity index (χ1n) is 3.95. The summed E-state index contributed by atoms with van der Waals surface area (Å²) in [7, 11) is 0. The molecular formula is C8H9NO2S. The average molecular weight is 183 g/mol. The minimum absolute atomic E-state index is 0.419. The van der Waals surface area contributed by atoms with E-state index >= 15 is 0 Å². The number of hydrogen-bond donors (Lipinski definition) is 1. The summed E-state index contributed by atoms with van der Waals surface area (Å²) in [5.74, 6) is -0.415. The minimum atomic E-state index is -0.834. The van der Waals surface area contributed by atoms with E-state index in [0.29, 0.717) is 10.8 Å². The zero-order chi connectivity index (χ0) is 8.55. The molecule has 3 nitrogen and oxygen atoms in total. The molecule has 0 spiro atoms. The highest BCUT2D eigenvalue weighted by atomic mass is 32.1. The Bertz CT molecular complexity index is 304. The number of carbonyl (C=O) groups is 1. The molecule has 1 N–H and O–H groups in total. The van der Waals surface area contributed by atoms with Gasteiger partial charge in [-0.3, -0.25) is 0 Å². The van der Waals surface area contributed by atoms with Gasteiger partial charge < -0.3 is 5.11 Å². The zero-order valence-corrected chi connectivity index (χ0v) is 7.30. The maximum absolute atomic E-state index is 10.7. The number of thiazole rings is 1. The molecule has 1 fully saturated rings. The van der Waals surface area contributed by atoms with Gasteiger partial charge in [0.15, 0.2) is 0 Å². The van der Waals surface area contributed by atoms with Gasteiger partial charge in [0.1, 0.15) is 4.88 Å². The molecule has 1 aromatic rings. The quantitative estimate of drug-likeness (QED) is 0.763. The lowest BCUT2D eigenvalue weighted by Crippen LogP contribution is -2.12. The molecule has 0 atom stereocenters. The van der Waals surface area contributed by atoms with Crippen molar-refractivity contribution in [2.24, 2.45) is 0 Å². The first-order chi connectivity index (χ1) is 5.79. The van der Waals surface area contributed by atoms with E-state index in [4.69, 9.17) is 5.11 Å². The Morgan fingerprint density at radius 1 is 1.67 bits per heavy atom. The Kier molecular flexibility index (Phi) is 1.84. The summed E-state index contributed by atoms with van der Waals surface area (Å²) in [4.78, 5) is 15.2. The van der Waals surface area contributed by atoms with Crippen LogP contribution in [-0.4, -0.2) is 16.1 Å². The van der Waals surface area contributed by atoms with Crippen LogP contribution in [0.1, 0.15) is 40.5 Å². The summed E-state index contributed by atoms with van der Waals surface area (Å²) in [6.45, 7) is 0. The Labute approximate surface area is 74.1 Å². The van der Waals surface area contributed by atoms with Crippen molar-refractivity contribution in [3.05, 3.63) is 16.1 Å². The molecule has 0 aliphatic heterocycles. The van der Waals surface area contributed by atoms with Crippen molar-refractivity contribution in [2.45, 2.75) is 25.2 Å². The number of hydrogen-bond acceptors (Lipinski definition) is 3. The molecule has 0 saturated heterocycles. The summed E-state index contributed by atoms with van der Waals surface area (Å²) in [5.41, 5.74) is 2.43. The number of aromatic carboxylic acids is 1. The van der Waals surface area contributed by atoms with E-state index in [1.807, 2.05) is 0 Å². The zero-order valence-electron chi connectivity index (χ0n) is 6.49. The fourth-order valence-electron chi connectivity index (χ4n) is 1.39. The summed E-state index contributed by atoms with van der Waals surface area (Å²) in [5, 5.41) is 8.79. The second kappa shape index (κ2) is 2.86. The highest BCUT2D eigenvalue weighted by molar-refractivity contribution is 7.11. The van der Waals surface area contributed by atoms with Gasteiger partial charge in [-0.05, 0) is 12.8 Å². The van der Waals surface area contributed by atoms with Crippen LogP contribution in [0.2, 0.25) is 0 Å². The number of aromatic nitrogens is 1. The summed E-state index contributed by atoms with van der Waals surface area (Å²) >= 11 is 1.22. The van der Waals surface area contributed by atoms with Crippen molar-refractivity contribution in [3.63, 3.8) is 0 Å². The summed E-state index contributed by atoms with van der Waals surface area (Å²) in [6, 6.07) is 0. The van der Waals surface area contributed by atoms with E-state index < -0.39 is 5.97 Å². The highest BCUT2D eigenvalue weighted by Crippen LogP contribution is 2.38. The second-order valence-electron chi connectivity index (χ2n) is 3.00. The van der Waals surface area contributed by atoms with Gasteiger partial charge in [0, 0.05) is 5.92 Å². The molecule has 1 aromatic heterocycles. The molecule has 64 valence electrons. The van der Waals surface area contributed by atoms with Crippen molar-refractivity contribution < 1.29 is 9.90 Å². The molecule has 0 bridgehead atoms. The Morgan fingerprint density at radius 2 is 2.42 bits per heavy atom. The van der Waals surface area contributed by atoms with Crippen LogP contribution in [0.5, 0.6) is 0 Å². The molecule has 2 rings (SSSR count). The minimum Gasteiger partial charge on any atom is -0.477 e. The number of rotatable bonds is 2. The molecule has 1 aliphatic carbocycles. The van der Waals surface area contributed by atoms with Crippen molar-refractivity contribution in [2.75, 3.05) is 0 Å². The van der Waals surface area contributed by atoms with Crippen molar-refractivity contribution in [3.8, 4) is 0 Å². The lowest BCUT2D eigenvalue weighted by atomic mass is 9.82. The largest absolute Gasteiger partial charge is 0.477 e. The van der Waals surface area contributed by atoms with Gasteiger partial charge in [0.25, 0.3) is 0 Å².